The van der Waals surface area contributed by atoms with Crippen LogP contribution in [-0.4, -0.2) is 75.5 Å². The molecule has 3 fully saturated rings. The number of rotatable bonds is 3. The largest absolute Gasteiger partial charge is 0.459 e. The van der Waals surface area contributed by atoms with Gasteiger partial charge in [-0.05, 0) is 42.5 Å². The quantitative estimate of drug-likeness (QED) is 0.221. The van der Waals surface area contributed by atoms with Gasteiger partial charge >= 0.3 is 5.97 Å². The van der Waals surface area contributed by atoms with Crippen molar-refractivity contribution in [3.05, 3.63) is 11.1 Å². The minimum Gasteiger partial charge on any atom is -0.459 e. The van der Waals surface area contributed by atoms with Crippen molar-refractivity contribution in [2.45, 2.75) is 90.0 Å². The summed E-state index contributed by atoms with van der Waals surface area (Å²) in [5.74, 6) is -2.45. The number of ketones is 1. The number of aliphatic hydroxyl groups is 3. The molecule has 2 radical (unpaired) electrons. The van der Waals surface area contributed by atoms with Gasteiger partial charge in [0, 0.05) is 126 Å². The Morgan fingerprint density at radius 3 is 2.40 bits per heavy atom. The molecule has 0 unspecified atom stereocenters. The van der Waals surface area contributed by atoms with Crippen LogP contribution < -0.4 is 0 Å². The molecule has 8 nitrogen and oxygen atoms in total. The molecule has 4 rings (SSSR count). The molecule has 0 aromatic rings. The van der Waals surface area contributed by atoms with Gasteiger partial charge in [-0.15, -0.1) is 0 Å². The number of fused-ring (bicyclic) bond motifs is 5. The minimum absolute atomic E-state index is 0. The van der Waals surface area contributed by atoms with E-state index in [0.717, 1.165) is 12.0 Å². The zero-order valence-electron chi connectivity index (χ0n) is 22.2. The Balaban J connectivity index is 0.00000228. The van der Waals surface area contributed by atoms with Gasteiger partial charge in [0.25, 0.3) is 0 Å². The van der Waals surface area contributed by atoms with Crippen LogP contribution in [0, 0.1) is 111 Å². The van der Waals surface area contributed by atoms with E-state index in [-0.39, 0.29) is 113 Å². The Hall–Kier alpha value is 1.91. The molecule has 0 spiro atoms. The zero-order valence-corrected chi connectivity index (χ0v) is 31.5. The Bertz CT molecular complexity index is 934. The van der Waals surface area contributed by atoms with Crippen molar-refractivity contribution >= 4 is 23.8 Å². The molecule has 3 N–H and O–H groups in total. The van der Waals surface area contributed by atoms with Crippen LogP contribution in [0.3, 0.4) is 0 Å². The Labute approximate surface area is 284 Å². The topological polar surface area (TPSA) is 123 Å². The van der Waals surface area contributed by atoms with E-state index in [4.69, 9.17) is 15.0 Å². The van der Waals surface area contributed by atoms with E-state index in [9.17, 15) is 24.9 Å². The maximum absolute atomic E-state index is 14.1. The van der Waals surface area contributed by atoms with Gasteiger partial charge < -0.3 is 29.0 Å². The van der Waals surface area contributed by atoms with Gasteiger partial charge in [-0.2, -0.15) is 0 Å². The fourth-order valence-corrected chi connectivity index (χ4v) is 7.53. The molecular formula is C24H36Ac2O8S. The van der Waals surface area contributed by atoms with Gasteiger partial charge in [0.2, 0.25) is 0 Å². The van der Waals surface area contributed by atoms with Crippen LogP contribution in [-0.2, 0) is 23.2 Å². The molecule has 1 heterocycles. The first-order valence-corrected chi connectivity index (χ1v) is 12.3. The van der Waals surface area contributed by atoms with E-state index in [1.165, 1.54) is 6.92 Å². The van der Waals surface area contributed by atoms with Crippen molar-refractivity contribution in [1.82, 2.24) is 0 Å². The first kappa shape index (κ1) is 31.4. The van der Waals surface area contributed by atoms with E-state index in [0.29, 0.717) is 17.6 Å². The molecule has 0 amide bonds. The second kappa shape index (κ2) is 11.1. The van der Waals surface area contributed by atoms with E-state index in [1.807, 2.05) is 6.92 Å². The average molecular weight is 941 g/mol. The maximum atomic E-state index is 14.1. The van der Waals surface area contributed by atoms with Crippen molar-refractivity contribution in [2.24, 2.45) is 22.7 Å². The SMILES string of the molecule is [3H]CSO[C@H]1C[C@@]2(O)[C@@H](OC(C)=O)[C@@H]3[C@]4(O)CO[C@@H]4C[C@H](C)[C@@]3(C)C(=O)[C@H](O)C(=C1C)C2(C)C.[Ac].[Ac]. The summed E-state index contributed by atoms with van der Waals surface area (Å²) in [5, 5.41) is 35.9. The number of aliphatic hydroxyl groups excluding tert-OH is 1. The number of Topliss-reactive ketones (excluding diaryl/α,β-unsaturated/α-hetero) is 1. The van der Waals surface area contributed by atoms with Gasteiger partial charge in [-0.1, -0.05) is 27.7 Å². The zero-order chi connectivity index (χ0) is 25.4. The number of ether oxygens (including phenoxy) is 2. The van der Waals surface area contributed by atoms with Crippen molar-refractivity contribution in [3.8, 4) is 0 Å². The summed E-state index contributed by atoms with van der Waals surface area (Å²) in [7, 11) is 0. The van der Waals surface area contributed by atoms with Gasteiger partial charge in [-0.25, -0.2) is 0 Å². The standard InChI is InChI=1S/C24H36O8S.2Ac/c1-11-8-15-23(28,10-30-15)18-20(31-13(3)25)24(29)9-14(32-33-7)12(2)16(21(24,4)5)17(26)19(27)22(11,18)6;;/h11,14-15,17-18,20,26,28-29H,8-10H2,1-7H3;;/t11-,14-,15+,17+,18-,20-,22+,23-,24+;;/m0../s1/i7T;;. The predicted octanol–water partition coefficient (Wildman–Crippen LogP) is 1.79. The summed E-state index contributed by atoms with van der Waals surface area (Å²) in [6.45, 7) is 9.96. The van der Waals surface area contributed by atoms with Crippen LogP contribution in [0.15, 0.2) is 11.1 Å². The Morgan fingerprint density at radius 1 is 1.26 bits per heavy atom. The van der Waals surface area contributed by atoms with E-state index in [1.54, 1.807) is 27.7 Å². The van der Waals surface area contributed by atoms with Crippen LogP contribution in [0.2, 0.25) is 0 Å². The molecule has 11 heteroatoms. The number of esters is 1. The molecule has 9 atom stereocenters. The van der Waals surface area contributed by atoms with E-state index in [2.05, 4.69) is 0 Å². The molecule has 3 aliphatic carbocycles. The molecule has 2 saturated carbocycles. The van der Waals surface area contributed by atoms with Crippen LogP contribution >= 0.6 is 12.0 Å². The fourth-order valence-electron chi connectivity index (χ4n) is 7.15. The van der Waals surface area contributed by atoms with Gasteiger partial charge in [0.15, 0.2) is 5.78 Å². The molecule has 0 aromatic carbocycles. The molecule has 35 heavy (non-hydrogen) atoms. The number of hydrogen-bond acceptors (Lipinski definition) is 9. The smallest absolute Gasteiger partial charge is 0.303 e. The number of carbonyl (C=O) groups excluding carboxylic acids is 2. The van der Waals surface area contributed by atoms with Gasteiger partial charge in [0.05, 0.1) is 18.8 Å². The first-order valence-electron chi connectivity index (χ1n) is 12.1. The van der Waals surface area contributed by atoms with Crippen LogP contribution in [0.25, 0.3) is 0 Å². The van der Waals surface area contributed by atoms with Gasteiger partial charge in [0.1, 0.15) is 23.4 Å². The summed E-state index contributed by atoms with van der Waals surface area (Å²) in [6.07, 6.45) is -3.77. The third-order valence-electron chi connectivity index (χ3n) is 9.31. The fraction of sp³-hybridized carbons (Fsp3) is 0.833. The number of carbonyl (C=O) groups is 2. The van der Waals surface area contributed by atoms with Crippen molar-refractivity contribution < 1.29 is 128 Å². The average Bonchev–Trinajstić information content (AvgIpc) is 2.74. The Kier molecular flexibility index (Phi) is 9.94. The van der Waals surface area contributed by atoms with Crippen LogP contribution in [0.4, 0.5) is 0 Å². The molecule has 2 bridgehead atoms. The second-order valence-corrected chi connectivity index (χ2v) is 11.5. The van der Waals surface area contributed by atoms with E-state index >= 15 is 0 Å². The molecule has 1 saturated heterocycles. The summed E-state index contributed by atoms with van der Waals surface area (Å²) in [6, 6.07) is 0. The second-order valence-electron chi connectivity index (χ2n) is 11.0. The molecule has 4 aliphatic rings. The van der Waals surface area contributed by atoms with Crippen molar-refractivity contribution in [3.63, 3.8) is 0 Å². The minimum atomic E-state index is -1.79. The maximum Gasteiger partial charge on any atom is 0.303 e. The Morgan fingerprint density at radius 2 is 1.89 bits per heavy atom. The van der Waals surface area contributed by atoms with E-state index < -0.39 is 64.1 Å². The predicted molar refractivity (Wildman–Crippen MR) is 121 cm³/mol. The third-order valence-corrected chi connectivity index (χ3v) is 9.68. The molecular weight excluding hydrogens is 902 g/mol. The van der Waals surface area contributed by atoms with Crippen molar-refractivity contribution in [1.29, 1.82) is 0 Å². The van der Waals surface area contributed by atoms with Crippen molar-refractivity contribution in [2.75, 3.05) is 12.8 Å². The third kappa shape index (κ3) is 4.58. The molecule has 1 aliphatic heterocycles. The summed E-state index contributed by atoms with van der Waals surface area (Å²) in [4.78, 5) is 26.5. The summed E-state index contributed by atoms with van der Waals surface area (Å²) in [5.41, 5.74) is -4.84. The monoisotopic (exact) mass is 940 g/mol. The molecule has 0 aromatic heterocycles. The summed E-state index contributed by atoms with van der Waals surface area (Å²) >= 11 is 0.897. The molecule has 192 valence electrons. The van der Waals surface area contributed by atoms with Gasteiger partial charge in [-0.3, -0.25) is 9.59 Å². The van der Waals surface area contributed by atoms with Crippen LogP contribution in [0.5, 0.6) is 0 Å². The van der Waals surface area contributed by atoms with Crippen LogP contribution in [0.1, 0.15) is 55.8 Å². The normalized spacial score (nSPS) is 46.3. The summed E-state index contributed by atoms with van der Waals surface area (Å²) < 4.78 is 24.8. The number of hydrogen-bond donors (Lipinski definition) is 3. The first-order chi connectivity index (χ1) is 15.7.